The Morgan fingerprint density at radius 2 is 2.25 bits per heavy atom. The minimum atomic E-state index is -1.01. The molecule has 0 bridgehead atoms. The summed E-state index contributed by atoms with van der Waals surface area (Å²) in [4.78, 5) is 24.6. The maximum Gasteiger partial charge on any atom is 0.305 e. The fourth-order valence-corrected chi connectivity index (χ4v) is 2.24. The lowest BCUT2D eigenvalue weighted by molar-refractivity contribution is -0.139. The molecule has 1 saturated heterocycles. The highest BCUT2D eigenvalue weighted by Gasteiger charge is 2.30. The number of morpholine rings is 1. The van der Waals surface area contributed by atoms with E-state index in [2.05, 4.69) is 0 Å². The number of carboxylic acids is 1. The smallest absolute Gasteiger partial charge is 0.305 e. The molecule has 1 amide bonds. The fourth-order valence-electron chi connectivity index (χ4n) is 2.24. The molecule has 2 rings (SSSR count). The number of carboxylic acid groups (broad SMARTS) is 1. The summed E-state index contributed by atoms with van der Waals surface area (Å²) in [6.07, 6.45) is -0.209. The molecule has 20 heavy (non-hydrogen) atoms. The van der Waals surface area contributed by atoms with Gasteiger partial charge in [-0.15, -0.1) is 0 Å². The standard InChI is InChI=1S/C14H16FNO4/c1-9-2-3-11(12(15)6-9)14(19)16-4-5-20-8-10(16)7-13(17)18/h2-3,6,10H,4-5,7-8H2,1H3,(H,17,18)/t10-/m0/s1. The van der Waals surface area contributed by atoms with Crippen molar-refractivity contribution in [1.29, 1.82) is 0 Å². The summed E-state index contributed by atoms with van der Waals surface area (Å²) in [5.41, 5.74) is 0.691. The van der Waals surface area contributed by atoms with Crippen molar-refractivity contribution < 1.29 is 23.8 Å². The normalized spacial score (nSPS) is 18.9. The Hall–Kier alpha value is -1.95. The molecule has 0 spiro atoms. The number of hydrogen-bond acceptors (Lipinski definition) is 3. The zero-order chi connectivity index (χ0) is 14.7. The molecule has 0 aliphatic carbocycles. The van der Waals surface area contributed by atoms with Crippen molar-refractivity contribution in [1.82, 2.24) is 4.90 Å². The van der Waals surface area contributed by atoms with Gasteiger partial charge in [-0.25, -0.2) is 4.39 Å². The lowest BCUT2D eigenvalue weighted by Crippen LogP contribution is -2.49. The van der Waals surface area contributed by atoms with Crippen LogP contribution in [0.25, 0.3) is 0 Å². The zero-order valence-corrected chi connectivity index (χ0v) is 11.1. The SMILES string of the molecule is Cc1ccc(C(=O)N2CCOC[C@@H]2CC(=O)O)c(F)c1. The van der Waals surface area contributed by atoms with Crippen molar-refractivity contribution >= 4 is 11.9 Å². The molecule has 1 fully saturated rings. The van der Waals surface area contributed by atoms with E-state index in [4.69, 9.17) is 9.84 Å². The van der Waals surface area contributed by atoms with Gasteiger partial charge in [0.2, 0.25) is 0 Å². The molecule has 0 saturated carbocycles. The summed E-state index contributed by atoms with van der Waals surface area (Å²) < 4.78 is 19.0. The molecule has 108 valence electrons. The molecule has 5 nitrogen and oxygen atoms in total. The average Bonchev–Trinajstić information content (AvgIpc) is 2.38. The molecule has 1 aromatic carbocycles. The van der Waals surface area contributed by atoms with Crippen LogP contribution in [0.1, 0.15) is 22.3 Å². The minimum Gasteiger partial charge on any atom is -0.481 e. The van der Waals surface area contributed by atoms with Crippen LogP contribution < -0.4 is 0 Å². The molecule has 1 heterocycles. The zero-order valence-electron chi connectivity index (χ0n) is 11.1. The number of nitrogens with zero attached hydrogens (tertiary/aromatic N) is 1. The van der Waals surface area contributed by atoms with Crippen LogP contribution in [0.15, 0.2) is 18.2 Å². The van der Waals surface area contributed by atoms with Crippen molar-refractivity contribution in [2.24, 2.45) is 0 Å². The van der Waals surface area contributed by atoms with Gasteiger partial charge in [0.25, 0.3) is 5.91 Å². The van der Waals surface area contributed by atoms with Crippen LogP contribution in [0.2, 0.25) is 0 Å². The van der Waals surface area contributed by atoms with Crippen LogP contribution in [-0.4, -0.2) is 47.7 Å². The second-order valence-electron chi connectivity index (χ2n) is 4.81. The first-order valence-corrected chi connectivity index (χ1v) is 6.35. The first-order chi connectivity index (χ1) is 9.49. The summed E-state index contributed by atoms with van der Waals surface area (Å²) in [6.45, 7) is 2.49. The van der Waals surface area contributed by atoms with E-state index in [-0.39, 0.29) is 25.1 Å². The summed E-state index contributed by atoms with van der Waals surface area (Å²) in [5.74, 6) is -2.09. The number of aliphatic carboxylic acids is 1. The van der Waals surface area contributed by atoms with Gasteiger partial charge >= 0.3 is 5.97 Å². The third-order valence-electron chi connectivity index (χ3n) is 3.25. The highest BCUT2D eigenvalue weighted by molar-refractivity contribution is 5.95. The summed E-state index contributed by atoms with van der Waals surface area (Å²) in [6, 6.07) is 3.82. The van der Waals surface area contributed by atoms with Crippen molar-refractivity contribution in [2.75, 3.05) is 19.8 Å². The molecular formula is C14H16FNO4. The van der Waals surface area contributed by atoms with Crippen LogP contribution >= 0.6 is 0 Å². The van der Waals surface area contributed by atoms with Gasteiger partial charge in [0.1, 0.15) is 5.82 Å². The Labute approximate surface area is 116 Å². The van der Waals surface area contributed by atoms with Gasteiger partial charge in [-0.3, -0.25) is 9.59 Å². The lowest BCUT2D eigenvalue weighted by Gasteiger charge is -2.35. The monoisotopic (exact) mass is 281 g/mol. The van der Waals surface area contributed by atoms with Gasteiger partial charge in [0, 0.05) is 6.54 Å². The van der Waals surface area contributed by atoms with Crippen LogP contribution in [0, 0.1) is 12.7 Å². The quantitative estimate of drug-likeness (QED) is 0.910. The van der Waals surface area contributed by atoms with E-state index in [0.717, 1.165) is 5.56 Å². The highest BCUT2D eigenvalue weighted by atomic mass is 19.1. The van der Waals surface area contributed by atoms with Gasteiger partial charge in [-0.1, -0.05) is 6.07 Å². The number of benzene rings is 1. The molecule has 0 radical (unpaired) electrons. The average molecular weight is 281 g/mol. The number of carbonyl (C=O) groups excluding carboxylic acids is 1. The fraction of sp³-hybridized carbons (Fsp3) is 0.429. The van der Waals surface area contributed by atoms with Crippen molar-refractivity contribution in [3.05, 3.63) is 35.1 Å². The second kappa shape index (κ2) is 6.00. The van der Waals surface area contributed by atoms with Crippen molar-refractivity contribution in [3.63, 3.8) is 0 Å². The van der Waals surface area contributed by atoms with Gasteiger partial charge in [-0.2, -0.15) is 0 Å². The molecule has 1 aliphatic heterocycles. The van der Waals surface area contributed by atoms with Crippen LogP contribution in [-0.2, 0) is 9.53 Å². The van der Waals surface area contributed by atoms with Crippen molar-refractivity contribution in [3.8, 4) is 0 Å². The lowest BCUT2D eigenvalue weighted by atomic mass is 10.1. The summed E-state index contributed by atoms with van der Waals surface area (Å²) in [7, 11) is 0. The maximum atomic E-state index is 13.9. The number of aryl methyl sites for hydroxylation is 1. The second-order valence-corrected chi connectivity index (χ2v) is 4.81. The molecule has 1 atom stereocenters. The van der Waals surface area contributed by atoms with E-state index in [9.17, 15) is 14.0 Å². The Balaban J connectivity index is 2.22. The van der Waals surface area contributed by atoms with Crippen molar-refractivity contribution in [2.45, 2.75) is 19.4 Å². The molecule has 6 heteroatoms. The van der Waals surface area contributed by atoms with Crippen LogP contribution in [0.4, 0.5) is 4.39 Å². The van der Waals surface area contributed by atoms with E-state index in [0.29, 0.717) is 6.61 Å². The number of carbonyl (C=O) groups is 2. The molecular weight excluding hydrogens is 265 g/mol. The third kappa shape index (κ3) is 3.14. The van der Waals surface area contributed by atoms with E-state index in [1.165, 1.54) is 17.0 Å². The van der Waals surface area contributed by atoms with E-state index in [1.54, 1.807) is 13.0 Å². The minimum absolute atomic E-state index is 0.0344. The first kappa shape index (κ1) is 14.5. The predicted octanol–water partition coefficient (Wildman–Crippen LogP) is 1.45. The van der Waals surface area contributed by atoms with Gasteiger partial charge in [0.15, 0.2) is 0 Å². The molecule has 0 aromatic heterocycles. The summed E-state index contributed by atoms with van der Waals surface area (Å²) >= 11 is 0. The number of ether oxygens (including phenoxy) is 1. The molecule has 1 aliphatic rings. The Morgan fingerprint density at radius 3 is 2.90 bits per heavy atom. The molecule has 0 unspecified atom stereocenters. The molecule has 1 aromatic rings. The highest BCUT2D eigenvalue weighted by Crippen LogP contribution is 2.18. The first-order valence-electron chi connectivity index (χ1n) is 6.35. The number of amides is 1. The third-order valence-corrected chi connectivity index (χ3v) is 3.25. The Kier molecular flexibility index (Phi) is 4.34. The molecule has 1 N–H and O–H groups in total. The number of rotatable bonds is 3. The van der Waals surface area contributed by atoms with Gasteiger partial charge in [-0.05, 0) is 24.6 Å². The number of hydrogen-bond donors (Lipinski definition) is 1. The number of halogens is 1. The Morgan fingerprint density at radius 1 is 1.50 bits per heavy atom. The van der Waals surface area contributed by atoms with Crippen LogP contribution in [0.3, 0.4) is 0 Å². The maximum absolute atomic E-state index is 13.9. The van der Waals surface area contributed by atoms with Gasteiger partial charge < -0.3 is 14.7 Å². The predicted molar refractivity (Wildman–Crippen MR) is 69.0 cm³/mol. The van der Waals surface area contributed by atoms with E-state index >= 15 is 0 Å². The summed E-state index contributed by atoms with van der Waals surface area (Å²) in [5, 5.41) is 8.86. The van der Waals surface area contributed by atoms with E-state index in [1.807, 2.05) is 0 Å². The Bertz CT molecular complexity index is 532. The van der Waals surface area contributed by atoms with E-state index < -0.39 is 23.7 Å². The van der Waals surface area contributed by atoms with Crippen LogP contribution in [0.5, 0.6) is 0 Å². The van der Waals surface area contributed by atoms with Gasteiger partial charge in [0.05, 0.1) is 31.2 Å². The largest absolute Gasteiger partial charge is 0.481 e. The topological polar surface area (TPSA) is 66.8 Å².